The summed E-state index contributed by atoms with van der Waals surface area (Å²) in [6, 6.07) is 0.410. The molecule has 14 heavy (non-hydrogen) atoms. The zero-order chi connectivity index (χ0) is 11.0. The molecule has 2 unspecified atom stereocenters. The van der Waals surface area contributed by atoms with Crippen LogP contribution in [0, 0.1) is 0 Å². The minimum absolute atomic E-state index is 0.313. The molecule has 0 saturated carbocycles. The molecule has 0 aliphatic heterocycles. The molecule has 0 radical (unpaired) electrons. The first-order valence-corrected chi connectivity index (χ1v) is 5.64. The van der Waals surface area contributed by atoms with E-state index in [1.54, 1.807) is 0 Å². The monoisotopic (exact) mass is 199 g/mol. The fourth-order valence-electron chi connectivity index (χ4n) is 1.61. The third kappa shape index (κ3) is 4.77. The lowest BCUT2D eigenvalue weighted by Gasteiger charge is -2.26. The predicted octanol–water partition coefficient (Wildman–Crippen LogP) is 2.75. The van der Waals surface area contributed by atoms with Gasteiger partial charge in [0.2, 0.25) is 0 Å². The maximum Gasteiger partial charge on any atom is 0.0728 e. The first kappa shape index (κ1) is 13.7. The molecule has 0 aromatic rings. The quantitative estimate of drug-likeness (QED) is 0.607. The van der Waals surface area contributed by atoms with Gasteiger partial charge in [0.1, 0.15) is 0 Å². The van der Waals surface area contributed by atoms with Crippen LogP contribution in [0.1, 0.15) is 40.0 Å². The normalized spacial score (nSPS) is 15.1. The highest BCUT2D eigenvalue weighted by atomic mass is 16.5. The fraction of sp³-hybridized carbons (Fsp3) is 0.833. The molecule has 2 atom stereocenters. The largest absolute Gasteiger partial charge is 0.377 e. The maximum absolute atomic E-state index is 5.69. The first-order chi connectivity index (χ1) is 6.69. The van der Waals surface area contributed by atoms with Crippen LogP contribution in [0.5, 0.6) is 0 Å². The Morgan fingerprint density at radius 1 is 1.36 bits per heavy atom. The molecule has 0 aliphatic rings. The average molecular weight is 199 g/mol. The van der Waals surface area contributed by atoms with Crippen LogP contribution in [0.4, 0.5) is 0 Å². The van der Waals surface area contributed by atoms with Gasteiger partial charge in [-0.3, -0.25) is 0 Å². The van der Waals surface area contributed by atoms with Gasteiger partial charge in [0.25, 0.3) is 0 Å². The summed E-state index contributed by atoms with van der Waals surface area (Å²) in [7, 11) is 2.00. The van der Waals surface area contributed by atoms with E-state index in [0.29, 0.717) is 12.1 Å². The van der Waals surface area contributed by atoms with E-state index in [9.17, 15) is 0 Å². The van der Waals surface area contributed by atoms with Crippen LogP contribution < -0.4 is 5.32 Å². The lowest BCUT2D eigenvalue weighted by atomic mass is 9.99. The molecule has 84 valence electrons. The Kier molecular flexibility index (Phi) is 7.81. The Bertz CT molecular complexity index is 156. The van der Waals surface area contributed by atoms with Gasteiger partial charge in [0.05, 0.1) is 6.10 Å². The molecule has 0 fully saturated rings. The van der Waals surface area contributed by atoms with Gasteiger partial charge in [-0.1, -0.05) is 26.0 Å². The van der Waals surface area contributed by atoms with Crippen molar-refractivity contribution < 1.29 is 4.74 Å². The topological polar surface area (TPSA) is 21.3 Å². The van der Waals surface area contributed by atoms with Gasteiger partial charge in [0, 0.05) is 12.6 Å². The molecule has 0 amide bonds. The Balaban J connectivity index is 4.13. The van der Waals surface area contributed by atoms with E-state index in [1.807, 2.05) is 14.0 Å². The number of nitrogens with one attached hydrogen (secondary N) is 1. The Morgan fingerprint density at radius 2 is 2.00 bits per heavy atom. The summed E-state index contributed by atoms with van der Waals surface area (Å²) in [5, 5.41) is 3.32. The SMILES string of the molecule is C=C(CC)CC(NC)C(CC)OCC. The molecule has 0 bridgehead atoms. The number of rotatable bonds is 8. The predicted molar refractivity (Wildman–Crippen MR) is 62.6 cm³/mol. The highest BCUT2D eigenvalue weighted by Crippen LogP contribution is 2.14. The summed E-state index contributed by atoms with van der Waals surface area (Å²) >= 11 is 0. The van der Waals surface area contributed by atoms with E-state index in [2.05, 4.69) is 25.7 Å². The van der Waals surface area contributed by atoms with Crippen molar-refractivity contribution >= 4 is 0 Å². The van der Waals surface area contributed by atoms with Crippen molar-refractivity contribution in [3.05, 3.63) is 12.2 Å². The van der Waals surface area contributed by atoms with Crippen molar-refractivity contribution in [2.24, 2.45) is 0 Å². The fourth-order valence-corrected chi connectivity index (χ4v) is 1.61. The van der Waals surface area contributed by atoms with Crippen molar-refractivity contribution in [3.8, 4) is 0 Å². The summed E-state index contributed by atoms with van der Waals surface area (Å²) in [5.41, 5.74) is 1.29. The van der Waals surface area contributed by atoms with E-state index >= 15 is 0 Å². The molecule has 0 aromatic heterocycles. The summed E-state index contributed by atoms with van der Waals surface area (Å²) < 4.78 is 5.69. The molecular formula is C12H25NO. The van der Waals surface area contributed by atoms with E-state index in [0.717, 1.165) is 25.9 Å². The van der Waals surface area contributed by atoms with E-state index < -0.39 is 0 Å². The first-order valence-electron chi connectivity index (χ1n) is 5.64. The number of likely N-dealkylation sites (N-methyl/N-ethyl adjacent to an activating group) is 1. The third-order valence-electron chi connectivity index (χ3n) is 2.61. The van der Waals surface area contributed by atoms with Crippen molar-refractivity contribution in [1.29, 1.82) is 0 Å². The van der Waals surface area contributed by atoms with Crippen molar-refractivity contribution in [2.75, 3.05) is 13.7 Å². The molecule has 2 nitrogen and oxygen atoms in total. The second kappa shape index (κ2) is 8.01. The Hall–Kier alpha value is -0.340. The Morgan fingerprint density at radius 3 is 2.36 bits per heavy atom. The van der Waals surface area contributed by atoms with Crippen LogP contribution in [0.2, 0.25) is 0 Å². The van der Waals surface area contributed by atoms with Crippen LogP contribution in [0.3, 0.4) is 0 Å². The smallest absolute Gasteiger partial charge is 0.0728 e. The summed E-state index contributed by atoms with van der Waals surface area (Å²) in [6.45, 7) is 11.2. The number of hydrogen-bond acceptors (Lipinski definition) is 2. The standard InChI is InChI=1S/C12H25NO/c1-6-10(4)9-11(13-5)12(7-2)14-8-3/h11-13H,4,6-9H2,1-3,5H3. The van der Waals surface area contributed by atoms with Crippen LogP contribution in [0.15, 0.2) is 12.2 Å². The molecule has 0 aliphatic carbocycles. The van der Waals surface area contributed by atoms with Gasteiger partial charge in [-0.25, -0.2) is 0 Å². The van der Waals surface area contributed by atoms with E-state index in [4.69, 9.17) is 4.74 Å². The van der Waals surface area contributed by atoms with Gasteiger partial charge in [-0.15, -0.1) is 0 Å². The minimum Gasteiger partial charge on any atom is -0.377 e. The number of ether oxygens (including phenoxy) is 1. The lowest BCUT2D eigenvalue weighted by molar-refractivity contribution is 0.0338. The second-order valence-corrected chi connectivity index (χ2v) is 3.60. The maximum atomic E-state index is 5.69. The van der Waals surface area contributed by atoms with Gasteiger partial charge in [-0.2, -0.15) is 0 Å². The molecule has 1 N–H and O–H groups in total. The molecule has 0 spiro atoms. The molecule has 0 aromatic carbocycles. The highest BCUT2D eigenvalue weighted by molar-refractivity contribution is 4.98. The van der Waals surface area contributed by atoms with Crippen molar-refractivity contribution in [1.82, 2.24) is 5.32 Å². The summed E-state index contributed by atoms with van der Waals surface area (Å²) in [4.78, 5) is 0. The molecule has 0 saturated heterocycles. The van der Waals surface area contributed by atoms with Gasteiger partial charge in [0.15, 0.2) is 0 Å². The van der Waals surface area contributed by atoms with Gasteiger partial charge < -0.3 is 10.1 Å². The zero-order valence-electron chi connectivity index (χ0n) is 10.1. The highest BCUT2D eigenvalue weighted by Gasteiger charge is 2.18. The van der Waals surface area contributed by atoms with Crippen molar-refractivity contribution in [2.45, 2.75) is 52.2 Å². The average Bonchev–Trinajstić information content (AvgIpc) is 2.22. The number of hydrogen-bond donors (Lipinski definition) is 1. The molecular weight excluding hydrogens is 174 g/mol. The van der Waals surface area contributed by atoms with Gasteiger partial charge >= 0.3 is 0 Å². The second-order valence-electron chi connectivity index (χ2n) is 3.60. The molecule has 2 heteroatoms. The van der Waals surface area contributed by atoms with Crippen LogP contribution in [-0.2, 0) is 4.74 Å². The Labute approximate surface area is 88.7 Å². The van der Waals surface area contributed by atoms with Crippen LogP contribution in [-0.4, -0.2) is 25.8 Å². The van der Waals surface area contributed by atoms with E-state index in [-0.39, 0.29) is 0 Å². The lowest BCUT2D eigenvalue weighted by Crippen LogP contribution is -2.39. The van der Waals surface area contributed by atoms with Crippen LogP contribution >= 0.6 is 0 Å². The summed E-state index contributed by atoms with van der Waals surface area (Å²) in [6.07, 6.45) is 3.44. The molecule has 0 heterocycles. The zero-order valence-corrected chi connectivity index (χ0v) is 10.1. The van der Waals surface area contributed by atoms with E-state index in [1.165, 1.54) is 5.57 Å². The summed E-state index contributed by atoms with van der Waals surface area (Å²) in [5.74, 6) is 0. The molecule has 0 rings (SSSR count). The third-order valence-corrected chi connectivity index (χ3v) is 2.61. The van der Waals surface area contributed by atoms with Crippen molar-refractivity contribution in [3.63, 3.8) is 0 Å². The van der Waals surface area contributed by atoms with Gasteiger partial charge in [-0.05, 0) is 33.2 Å². The van der Waals surface area contributed by atoms with Crippen LogP contribution in [0.25, 0.3) is 0 Å². The minimum atomic E-state index is 0.313.